The molecule has 51 heavy (non-hydrogen) atoms. The number of hydrogen-bond donors (Lipinski definition) is 2. The van der Waals surface area contributed by atoms with Gasteiger partial charge in [0.15, 0.2) is 5.82 Å². The van der Waals surface area contributed by atoms with E-state index in [9.17, 15) is 17.6 Å². The summed E-state index contributed by atoms with van der Waals surface area (Å²) in [6.45, 7) is 6.05. The lowest BCUT2D eigenvalue weighted by Crippen LogP contribution is -2.55. The lowest BCUT2D eigenvalue weighted by molar-refractivity contribution is -0.137. The number of ether oxygens (including phenoxy) is 2. The normalized spacial score (nSPS) is 20.4. The molecule has 0 spiro atoms. The lowest BCUT2D eigenvalue weighted by atomic mass is 9.94. The molecule has 0 radical (unpaired) electrons. The lowest BCUT2D eigenvalue weighted by Gasteiger charge is -2.44. The van der Waals surface area contributed by atoms with Gasteiger partial charge >= 0.3 is 12.2 Å². The minimum absolute atomic E-state index is 0.0277. The van der Waals surface area contributed by atoms with Crippen LogP contribution in [0.2, 0.25) is 0 Å². The Balaban J connectivity index is 1.33. The van der Waals surface area contributed by atoms with Gasteiger partial charge in [0.2, 0.25) is 5.88 Å². The summed E-state index contributed by atoms with van der Waals surface area (Å²) in [6, 6.07) is 1.85. The molecule has 268 valence electrons. The smallest absolute Gasteiger partial charge is 0.417 e. The third kappa shape index (κ3) is 5.63. The largest absolute Gasteiger partial charge is 0.475 e. The standard InChI is InChI=1S/C35H36F5N9O2/c1-16-10-24-23(13-43-47-24)25(27(16)35(38,39)40)29-28(37)30-26-32(46-34(45-30)51-15-21-8-9-48(21)20-6-4-5-7-20)49(17(2)14-50-33(26)44-29)18(3)22-11-19(36)12-42-31(22)41/h10-13,17-18,20-21H,4-9,14-15H2,1-3H3,(H2,41,42)(H,43,47)/t17-,18+,21+/m0/s1. The molecule has 3 atom stereocenters. The van der Waals surface area contributed by atoms with Crippen LogP contribution in [-0.4, -0.2) is 72.9 Å². The second kappa shape index (κ2) is 12.4. The molecule has 1 aliphatic carbocycles. The summed E-state index contributed by atoms with van der Waals surface area (Å²) in [5.41, 5.74) is 4.21. The van der Waals surface area contributed by atoms with Crippen molar-refractivity contribution in [3.05, 3.63) is 52.9 Å². The van der Waals surface area contributed by atoms with E-state index in [1.54, 1.807) is 11.8 Å². The summed E-state index contributed by atoms with van der Waals surface area (Å²) >= 11 is 0. The Labute approximate surface area is 289 Å². The van der Waals surface area contributed by atoms with Crippen LogP contribution in [0.15, 0.2) is 24.5 Å². The maximum Gasteiger partial charge on any atom is 0.417 e. The highest BCUT2D eigenvalue weighted by atomic mass is 19.4. The van der Waals surface area contributed by atoms with Crippen LogP contribution in [0.25, 0.3) is 33.1 Å². The average Bonchev–Trinajstić information content (AvgIpc) is 3.74. The molecule has 2 aliphatic heterocycles. The van der Waals surface area contributed by atoms with E-state index in [-0.39, 0.29) is 70.2 Å². The molecule has 4 aromatic heterocycles. The van der Waals surface area contributed by atoms with Crippen molar-refractivity contribution in [1.29, 1.82) is 0 Å². The molecule has 0 bridgehead atoms. The fourth-order valence-corrected chi connectivity index (χ4v) is 7.99. The number of alkyl halides is 3. The molecule has 2 fully saturated rings. The summed E-state index contributed by atoms with van der Waals surface area (Å²) in [6.07, 6.45) is 2.90. The number of nitrogens with two attached hydrogens (primary N) is 1. The number of hydrogen-bond acceptors (Lipinski definition) is 10. The van der Waals surface area contributed by atoms with Crippen molar-refractivity contribution in [2.45, 2.75) is 83.2 Å². The van der Waals surface area contributed by atoms with Crippen LogP contribution in [-0.2, 0) is 6.18 Å². The van der Waals surface area contributed by atoms with Crippen molar-refractivity contribution in [2.24, 2.45) is 0 Å². The molecule has 1 saturated carbocycles. The Morgan fingerprint density at radius 1 is 1.10 bits per heavy atom. The second-order valence-corrected chi connectivity index (χ2v) is 13.7. The molecule has 0 unspecified atom stereocenters. The van der Waals surface area contributed by atoms with E-state index in [2.05, 4.69) is 30.0 Å². The highest BCUT2D eigenvalue weighted by Crippen LogP contribution is 2.48. The van der Waals surface area contributed by atoms with Gasteiger partial charge in [-0.15, -0.1) is 0 Å². The minimum Gasteiger partial charge on any atom is -0.475 e. The number of halogens is 5. The SMILES string of the molecule is Cc1cc2[nH]ncc2c(-c2nc3c4c(nc(OC[C@H]5CCN5C5CCCC5)nc4c2F)N([C@H](C)c2cc(F)cnc2N)[C@@H](C)CO3)c1C(F)(F)F. The minimum atomic E-state index is -4.86. The zero-order chi connectivity index (χ0) is 35.8. The van der Waals surface area contributed by atoms with E-state index >= 15 is 4.39 Å². The second-order valence-electron chi connectivity index (χ2n) is 13.7. The number of aromatic amines is 1. The van der Waals surface area contributed by atoms with Crippen LogP contribution < -0.4 is 20.1 Å². The number of nitrogens with zero attached hydrogens (tertiary/aromatic N) is 7. The molecule has 16 heteroatoms. The fourth-order valence-electron chi connectivity index (χ4n) is 7.99. The van der Waals surface area contributed by atoms with E-state index in [0.717, 1.165) is 32.0 Å². The fraction of sp³-hybridized carbons (Fsp3) is 0.457. The first kappa shape index (κ1) is 33.3. The number of H-pyrrole nitrogens is 1. The summed E-state index contributed by atoms with van der Waals surface area (Å²) < 4.78 is 88.2. The molecular weight excluding hydrogens is 673 g/mol. The number of aryl methyl sites for hydroxylation is 1. The molecule has 8 rings (SSSR count). The van der Waals surface area contributed by atoms with Crippen LogP contribution in [0, 0.1) is 18.6 Å². The third-order valence-corrected chi connectivity index (χ3v) is 10.5. The average molecular weight is 710 g/mol. The van der Waals surface area contributed by atoms with Gasteiger partial charge in [-0.25, -0.2) is 18.7 Å². The van der Waals surface area contributed by atoms with Crippen LogP contribution in [0.5, 0.6) is 11.9 Å². The van der Waals surface area contributed by atoms with Crippen LogP contribution >= 0.6 is 0 Å². The van der Waals surface area contributed by atoms with Crippen LogP contribution in [0.3, 0.4) is 0 Å². The Bertz CT molecular complexity index is 2150. The van der Waals surface area contributed by atoms with Gasteiger partial charge in [-0.3, -0.25) is 10.00 Å². The van der Waals surface area contributed by atoms with E-state index in [4.69, 9.17) is 20.2 Å². The Morgan fingerprint density at radius 3 is 2.61 bits per heavy atom. The van der Waals surface area contributed by atoms with E-state index < -0.39 is 46.7 Å². The number of nitrogens with one attached hydrogen (secondary N) is 1. The number of likely N-dealkylation sites (tertiary alicyclic amines) is 1. The summed E-state index contributed by atoms with van der Waals surface area (Å²) in [4.78, 5) is 21.9. The first-order valence-corrected chi connectivity index (χ1v) is 17.1. The van der Waals surface area contributed by atoms with Crippen molar-refractivity contribution < 1.29 is 31.4 Å². The molecule has 3 aliphatic rings. The summed E-state index contributed by atoms with van der Waals surface area (Å²) in [5.74, 6) is -1.64. The highest BCUT2D eigenvalue weighted by molar-refractivity contribution is 6.02. The van der Waals surface area contributed by atoms with E-state index in [1.165, 1.54) is 38.1 Å². The van der Waals surface area contributed by atoms with Gasteiger partial charge in [0, 0.05) is 35.1 Å². The predicted octanol–water partition coefficient (Wildman–Crippen LogP) is 6.89. The number of benzene rings is 1. The van der Waals surface area contributed by atoms with Crippen molar-refractivity contribution in [2.75, 3.05) is 30.4 Å². The quantitative estimate of drug-likeness (QED) is 0.172. The maximum absolute atomic E-state index is 17.2. The number of nitrogen functional groups attached to an aromatic ring is 1. The Kier molecular flexibility index (Phi) is 8.11. The van der Waals surface area contributed by atoms with E-state index in [1.807, 2.05) is 6.92 Å². The zero-order valence-electron chi connectivity index (χ0n) is 28.2. The first-order chi connectivity index (χ1) is 24.4. The monoisotopic (exact) mass is 709 g/mol. The number of fused-ring (bicyclic) bond motifs is 1. The molecule has 1 aromatic carbocycles. The van der Waals surface area contributed by atoms with Crippen LogP contribution in [0.1, 0.15) is 68.7 Å². The number of pyridine rings is 2. The topological polar surface area (TPSA) is 131 Å². The molecule has 3 N–H and O–H groups in total. The van der Waals surface area contributed by atoms with Gasteiger partial charge in [-0.05, 0) is 57.7 Å². The molecule has 1 saturated heterocycles. The van der Waals surface area contributed by atoms with Gasteiger partial charge in [0.1, 0.15) is 47.3 Å². The van der Waals surface area contributed by atoms with Crippen molar-refractivity contribution >= 4 is 33.4 Å². The maximum atomic E-state index is 17.2. The van der Waals surface area contributed by atoms with Gasteiger partial charge < -0.3 is 20.1 Å². The van der Waals surface area contributed by atoms with Crippen LogP contribution in [0.4, 0.5) is 33.6 Å². The van der Waals surface area contributed by atoms with Crippen molar-refractivity contribution in [1.82, 2.24) is 35.0 Å². The van der Waals surface area contributed by atoms with Crippen molar-refractivity contribution in [3.63, 3.8) is 0 Å². The van der Waals surface area contributed by atoms with Gasteiger partial charge in [-0.2, -0.15) is 28.2 Å². The zero-order valence-corrected chi connectivity index (χ0v) is 28.2. The summed E-state index contributed by atoms with van der Waals surface area (Å²) in [7, 11) is 0. The Morgan fingerprint density at radius 2 is 1.88 bits per heavy atom. The van der Waals surface area contributed by atoms with Gasteiger partial charge in [0.05, 0.1) is 35.6 Å². The van der Waals surface area contributed by atoms with Crippen molar-refractivity contribution in [3.8, 4) is 23.1 Å². The first-order valence-electron chi connectivity index (χ1n) is 17.1. The summed E-state index contributed by atoms with van der Waals surface area (Å²) in [5, 5.41) is 6.68. The molecular formula is C35H36F5N9O2. The molecule has 0 amide bonds. The van der Waals surface area contributed by atoms with Gasteiger partial charge in [0.25, 0.3) is 0 Å². The van der Waals surface area contributed by atoms with Gasteiger partial charge in [-0.1, -0.05) is 12.8 Å². The Hall–Kier alpha value is -4.86. The highest BCUT2D eigenvalue weighted by Gasteiger charge is 2.41. The number of anilines is 2. The number of aromatic nitrogens is 6. The molecule has 11 nitrogen and oxygen atoms in total. The van der Waals surface area contributed by atoms with E-state index in [0.29, 0.717) is 11.6 Å². The number of rotatable bonds is 7. The molecule has 5 aromatic rings. The molecule has 6 heterocycles. The third-order valence-electron chi connectivity index (χ3n) is 10.5. The predicted molar refractivity (Wildman–Crippen MR) is 179 cm³/mol.